The maximum Gasteiger partial charge on any atom is 0.433 e. The van der Waals surface area contributed by atoms with Crippen molar-refractivity contribution in [3.8, 4) is 11.3 Å². The number of fused-ring (bicyclic) bond motifs is 1. The van der Waals surface area contributed by atoms with Crippen molar-refractivity contribution in [3.05, 3.63) is 51.8 Å². The summed E-state index contributed by atoms with van der Waals surface area (Å²) >= 11 is 12.0. The molecule has 0 unspecified atom stereocenters. The second-order valence-electron chi connectivity index (χ2n) is 5.69. The van der Waals surface area contributed by atoms with Crippen LogP contribution in [-0.4, -0.2) is 27.0 Å². The highest BCUT2D eigenvalue weighted by molar-refractivity contribution is 6.36. The third kappa shape index (κ3) is 3.86. The van der Waals surface area contributed by atoms with Gasteiger partial charge in [-0.15, -0.1) is 0 Å². The van der Waals surface area contributed by atoms with Crippen LogP contribution in [0.1, 0.15) is 29.5 Å². The van der Waals surface area contributed by atoms with Gasteiger partial charge in [0.1, 0.15) is 5.02 Å². The summed E-state index contributed by atoms with van der Waals surface area (Å²) in [5.74, 6) is -0.659. The van der Waals surface area contributed by atoms with E-state index in [4.69, 9.17) is 23.2 Å². The molecule has 2 aromatic heterocycles. The molecule has 3 rings (SSSR count). The van der Waals surface area contributed by atoms with Gasteiger partial charge in [-0.3, -0.25) is 4.79 Å². The van der Waals surface area contributed by atoms with Crippen molar-refractivity contribution in [1.29, 1.82) is 0 Å². The first-order valence-corrected chi connectivity index (χ1v) is 8.68. The molecule has 0 saturated carbocycles. The van der Waals surface area contributed by atoms with Crippen LogP contribution in [0, 0.1) is 0 Å². The quantitative estimate of drug-likeness (QED) is 0.660. The summed E-state index contributed by atoms with van der Waals surface area (Å²) in [7, 11) is 0. The molecule has 3 aromatic rings. The number of carbonyl (C=O) groups excluding carboxylic acids is 1. The van der Waals surface area contributed by atoms with E-state index >= 15 is 0 Å². The van der Waals surface area contributed by atoms with Crippen LogP contribution in [0.5, 0.6) is 0 Å². The Kier molecular flexibility index (Phi) is 5.30. The predicted octanol–water partition coefficient (Wildman–Crippen LogP) is 4.86. The van der Waals surface area contributed by atoms with Crippen LogP contribution in [0.2, 0.25) is 10.0 Å². The molecule has 142 valence electrons. The summed E-state index contributed by atoms with van der Waals surface area (Å²) in [5.41, 5.74) is -1.20. The molecule has 0 aliphatic heterocycles. The highest BCUT2D eigenvalue weighted by Gasteiger charge is 2.36. The summed E-state index contributed by atoms with van der Waals surface area (Å²) < 4.78 is 41.3. The fourth-order valence-electron chi connectivity index (χ4n) is 2.43. The number of nitrogens with one attached hydrogen (secondary N) is 1. The van der Waals surface area contributed by atoms with Gasteiger partial charge in [-0.1, -0.05) is 42.3 Å². The van der Waals surface area contributed by atoms with Gasteiger partial charge in [0.15, 0.2) is 17.0 Å². The first-order valence-electron chi connectivity index (χ1n) is 7.93. The monoisotopic (exact) mass is 416 g/mol. The molecule has 0 bridgehead atoms. The third-order valence-corrected chi connectivity index (χ3v) is 4.31. The van der Waals surface area contributed by atoms with Crippen LogP contribution in [0.25, 0.3) is 16.9 Å². The predicted molar refractivity (Wildman–Crippen MR) is 96.1 cm³/mol. The standard InChI is InChI=1S/C17H13Cl2F3N4O/c1-2-7-23-16(27)14-13(19)15-24-11(9-3-5-10(18)6-4-9)8-12(17(20,21)22)26(15)25-14/h3-6,8H,2,7H2,1H3,(H,23,27). The number of carbonyl (C=O) groups is 1. The number of alkyl halides is 3. The minimum Gasteiger partial charge on any atom is -0.351 e. The van der Waals surface area contributed by atoms with Crippen LogP contribution in [0.4, 0.5) is 13.2 Å². The average molecular weight is 417 g/mol. The number of rotatable bonds is 4. The Morgan fingerprint density at radius 3 is 2.48 bits per heavy atom. The third-order valence-electron chi connectivity index (χ3n) is 3.71. The minimum atomic E-state index is -4.73. The molecule has 0 aliphatic carbocycles. The van der Waals surface area contributed by atoms with Crippen LogP contribution < -0.4 is 5.32 Å². The van der Waals surface area contributed by atoms with Crippen molar-refractivity contribution in [2.24, 2.45) is 0 Å². The molecular weight excluding hydrogens is 404 g/mol. The van der Waals surface area contributed by atoms with E-state index in [9.17, 15) is 18.0 Å². The molecule has 27 heavy (non-hydrogen) atoms. The molecule has 1 N–H and O–H groups in total. The van der Waals surface area contributed by atoms with Crippen LogP contribution in [-0.2, 0) is 6.18 Å². The van der Waals surface area contributed by atoms with E-state index < -0.39 is 17.8 Å². The fraction of sp³-hybridized carbons (Fsp3) is 0.235. The summed E-state index contributed by atoms with van der Waals surface area (Å²) in [6, 6.07) is 7.02. The first kappa shape index (κ1) is 19.4. The Bertz CT molecular complexity index is 1000. The molecule has 0 spiro atoms. The maximum atomic E-state index is 13.6. The highest BCUT2D eigenvalue weighted by atomic mass is 35.5. The van der Waals surface area contributed by atoms with Crippen LogP contribution >= 0.6 is 23.2 Å². The van der Waals surface area contributed by atoms with Gasteiger partial charge in [-0.25, -0.2) is 9.50 Å². The lowest BCUT2D eigenvalue weighted by Crippen LogP contribution is -2.24. The van der Waals surface area contributed by atoms with Gasteiger partial charge >= 0.3 is 6.18 Å². The SMILES string of the molecule is CCCNC(=O)c1nn2c(C(F)(F)F)cc(-c3ccc(Cl)cc3)nc2c1Cl. The van der Waals surface area contributed by atoms with Gasteiger partial charge in [-0.05, 0) is 24.6 Å². The van der Waals surface area contributed by atoms with E-state index in [0.717, 1.165) is 6.07 Å². The second-order valence-corrected chi connectivity index (χ2v) is 6.50. The summed E-state index contributed by atoms with van der Waals surface area (Å²) in [6.07, 6.45) is -4.07. The zero-order chi connectivity index (χ0) is 19.8. The van der Waals surface area contributed by atoms with Crippen LogP contribution in [0.15, 0.2) is 30.3 Å². The molecule has 0 aliphatic rings. The Hall–Kier alpha value is -2.32. The van der Waals surface area contributed by atoms with Crippen molar-refractivity contribution >= 4 is 34.8 Å². The summed E-state index contributed by atoms with van der Waals surface area (Å²) in [6.45, 7) is 2.19. The Morgan fingerprint density at radius 1 is 1.22 bits per heavy atom. The first-order chi connectivity index (χ1) is 12.7. The van der Waals surface area contributed by atoms with Gasteiger partial charge in [0, 0.05) is 17.1 Å². The number of hydrogen-bond acceptors (Lipinski definition) is 3. The number of benzene rings is 1. The van der Waals surface area contributed by atoms with Crippen molar-refractivity contribution in [1.82, 2.24) is 19.9 Å². The molecule has 10 heteroatoms. The molecule has 1 amide bonds. The van der Waals surface area contributed by atoms with Gasteiger partial charge in [0.05, 0.1) is 5.69 Å². The lowest BCUT2D eigenvalue weighted by molar-refractivity contribution is -0.142. The Balaban J connectivity index is 2.22. The van der Waals surface area contributed by atoms with Gasteiger partial charge in [-0.2, -0.15) is 18.3 Å². The second kappa shape index (κ2) is 7.36. The van der Waals surface area contributed by atoms with Crippen molar-refractivity contribution < 1.29 is 18.0 Å². The van der Waals surface area contributed by atoms with Crippen molar-refractivity contribution in [3.63, 3.8) is 0 Å². The molecule has 0 fully saturated rings. The van der Waals surface area contributed by atoms with E-state index in [1.807, 2.05) is 6.92 Å². The van der Waals surface area contributed by atoms with E-state index in [-0.39, 0.29) is 22.1 Å². The lowest BCUT2D eigenvalue weighted by atomic mass is 10.1. The van der Waals surface area contributed by atoms with Gasteiger partial charge in [0.2, 0.25) is 0 Å². The minimum absolute atomic E-state index is 0.0359. The number of aromatic nitrogens is 3. The number of nitrogens with zero attached hydrogens (tertiary/aromatic N) is 3. The van der Waals surface area contributed by atoms with Gasteiger partial charge < -0.3 is 5.32 Å². The smallest absolute Gasteiger partial charge is 0.351 e. The summed E-state index contributed by atoms with van der Waals surface area (Å²) in [5, 5.41) is 6.48. The topological polar surface area (TPSA) is 59.3 Å². The van der Waals surface area contributed by atoms with Crippen molar-refractivity contribution in [2.45, 2.75) is 19.5 Å². The normalized spacial score (nSPS) is 11.8. The zero-order valence-corrected chi connectivity index (χ0v) is 15.5. The summed E-state index contributed by atoms with van der Waals surface area (Å²) in [4.78, 5) is 16.3. The maximum absolute atomic E-state index is 13.6. The van der Waals surface area contributed by atoms with E-state index in [1.165, 1.54) is 12.1 Å². The fourth-order valence-corrected chi connectivity index (χ4v) is 2.80. The molecule has 0 radical (unpaired) electrons. The van der Waals surface area contributed by atoms with E-state index in [1.54, 1.807) is 12.1 Å². The molecule has 5 nitrogen and oxygen atoms in total. The highest BCUT2D eigenvalue weighted by Crippen LogP contribution is 2.34. The molecule has 0 atom stereocenters. The molecule has 0 saturated heterocycles. The molecule has 1 aromatic carbocycles. The average Bonchev–Trinajstić information content (AvgIpc) is 2.95. The number of halogens is 5. The number of amides is 1. The Labute approximate surface area is 162 Å². The van der Waals surface area contributed by atoms with Gasteiger partial charge in [0.25, 0.3) is 5.91 Å². The van der Waals surface area contributed by atoms with E-state index in [2.05, 4.69) is 15.4 Å². The number of hydrogen-bond donors (Lipinski definition) is 1. The largest absolute Gasteiger partial charge is 0.433 e. The van der Waals surface area contributed by atoms with Crippen molar-refractivity contribution in [2.75, 3.05) is 6.54 Å². The Morgan fingerprint density at radius 2 is 1.89 bits per heavy atom. The van der Waals surface area contributed by atoms with E-state index in [0.29, 0.717) is 28.1 Å². The molecule has 2 heterocycles. The molecular formula is C17H13Cl2F3N4O. The lowest BCUT2D eigenvalue weighted by Gasteiger charge is -2.11. The zero-order valence-electron chi connectivity index (χ0n) is 13.9. The van der Waals surface area contributed by atoms with Crippen LogP contribution in [0.3, 0.4) is 0 Å².